The summed E-state index contributed by atoms with van der Waals surface area (Å²) in [5.41, 5.74) is 6.45. The number of amides is 1. The number of likely N-dealkylation sites (N-methyl/N-ethyl adjacent to an activating group) is 1. The summed E-state index contributed by atoms with van der Waals surface area (Å²) < 4.78 is 1.81. The molecule has 4 heteroatoms. The topological polar surface area (TPSA) is 60.0 Å². The van der Waals surface area contributed by atoms with Crippen molar-refractivity contribution in [2.24, 2.45) is 5.73 Å². The quantitative estimate of drug-likeness (QED) is 0.649. The fourth-order valence-corrected chi connectivity index (χ4v) is 0.955. The lowest BCUT2D eigenvalue weighted by molar-refractivity contribution is -0.121. The van der Waals surface area contributed by atoms with E-state index < -0.39 is 0 Å². The molecule has 0 saturated carbocycles. The molecule has 0 radical (unpaired) electrons. The highest BCUT2D eigenvalue weighted by molar-refractivity contribution is 5.75. The largest absolute Gasteiger partial charge is 0.358 e. The SMILES string of the molecule is CNC(=O)Cn1ccc(CN)c1. The van der Waals surface area contributed by atoms with Crippen LogP contribution in [0.4, 0.5) is 0 Å². The monoisotopic (exact) mass is 167 g/mol. The molecule has 0 aromatic carbocycles. The zero-order valence-electron chi connectivity index (χ0n) is 7.08. The van der Waals surface area contributed by atoms with Gasteiger partial charge in [0.1, 0.15) is 6.54 Å². The van der Waals surface area contributed by atoms with Crippen molar-refractivity contribution < 1.29 is 4.79 Å². The first kappa shape index (κ1) is 8.80. The Morgan fingerprint density at radius 3 is 3.00 bits per heavy atom. The summed E-state index contributed by atoms with van der Waals surface area (Å²) >= 11 is 0. The molecular weight excluding hydrogens is 154 g/mol. The van der Waals surface area contributed by atoms with Gasteiger partial charge in [0, 0.05) is 26.0 Å². The van der Waals surface area contributed by atoms with E-state index in [9.17, 15) is 4.79 Å². The molecule has 1 heterocycles. The zero-order valence-corrected chi connectivity index (χ0v) is 7.08. The van der Waals surface area contributed by atoms with Crippen molar-refractivity contribution in [2.45, 2.75) is 13.1 Å². The van der Waals surface area contributed by atoms with Gasteiger partial charge in [-0.3, -0.25) is 4.79 Å². The molecule has 66 valence electrons. The number of aromatic nitrogens is 1. The second-order valence-electron chi connectivity index (χ2n) is 2.57. The molecule has 0 saturated heterocycles. The Bertz CT molecular complexity index is 267. The highest BCUT2D eigenvalue weighted by Gasteiger charge is 1.99. The molecule has 4 nitrogen and oxygen atoms in total. The van der Waals surface area contributed by atoms with Crippen molar-refractivity contribution in [3.63, 3.8) is 0 Å². The van der Waals surface area contributed by atoms with Crippen LogP contribution in [-0.2, 0) is 17.9 Å². The smallest absolute Gasteiger partial charge is 0.239 e. The van der Waals surface area contributed by atoms with E-state index in [4.69, 9.17) is 5.73 Å². The fraction of sp³-hybridized carbons (Fsp3) is 0.375. The minimum absolute atomic E-state index is 0.00540. The van der Waals surface area contributed by atoms with Gasteiger partial charge in [0.05, 0.1) is 0 Å². The van der Waals surface area contributed by atoms with Gasteiger partial charge < -0.3 is 15.6 Å². The summed E-state index contributed by atoms with van der Waals surface area (Å²) in [6, 6.07) is 1.91. The number of nitrogens with zero attached hydrogens (tertiary/aromatic N) is 1. The third-order valence-corrected chi connectivity index (χ3v) is 1.65. The summed E-state index contributed by atoms with van der Waals surface area (Å²) in [4.78, 5) is 10.9. The van der Waals surface area contributed by atoms with Crippen molar-refractivity contribution in [3.05, 3.63) is 24.0 Å². The van der Waals surface area contributed by atoms with E-state index >= 15 is 0 Å². The zero-order chi connectivity index (χ0) is 8.97. The first-order valence-electron chi connectivity index (χ1n) is 3.81. The standard InChI is InChI=1S/C8H13N3O/c1-10-8(12)6-11-3-2-7(4-9)5-11/h2-3,5H,4,6,9H2,1H3,(H,10,12). The van der Waals surface area contributed by atoms with Crippen LogP contribution in [0, 0.1) is 0 Å². The lowest BCUT2D eigenvalue weighted by Crippen LogP contribution is -2.22. The molecule has 0 spiro atoms. The number of hydrogen-bond acceptors (Lipinski definition) is 2. The number of carbonyl (C=O) groups excluding carboxylic acids is 1. The number of rotatable bonds is 3. The minimum Gasteiger partial charge on any atom is -0.358 e. The molecule has 0 atom stereocenters. The first-order valence-corrected chi connectivity index (χ1v) is 3.81. The molecular formula is C8H13N3O. The van der Waals surface area contributed by atoms with E-state index in [1.165, 1.54) is 0 Å². The third kappa shape index (κ3) is 2.10. The molecule has 0 aliphatic carbocycles. The molecule has 0 aliphatic heterocycles. The van der Waals surface area contributed by atoms with Crippen LogP contribution in [0.2, 0.25) is 0 Å². The van der Waals surface area contributed by atoms with Crippen molar-refractivity contribution in [2.75, 3.05) is 7.05 Å². The maximum Gasteiger partial charge on any atom is 0.239 e. The Balaban J connectivity index is 2.58. The van der Waals surface area contributed by atoms with Crippen LogP contribution >= 0.6 is 0 Å². The predicted octanol–water partition coefficient (Wildman–Crippen LogP) is -0.307. The van der Waals surface area contributed by atoms with Crippen molar-refractivity contribution in [3.8, 4) is 0 Å². The van der Waals surface area contributed by atoms with Crippen molar-refractivity contribution in [1.29, 1.82) is 0 Å². The summed E-state index contributed by atoms with van der Waals surface area (Å²) in [6.07, 6.45) is 3.71. The number of carbonyl (C=O) groups is 1. The van der Waals surface area contributed by atoms with E-state index in [-0.39, 0.29) is 5.91 Å². The average molecular weight is 167 g/mol. The molecule has 1 aromatic heterocycles. The van der Waals surface area contributed by atoms with Crippen LogP contribution in [0.5, 0.6) is 0 Å². The predicted molar refractivity (Wildman–Crippen MR) is 46.4 cm³/mol. The molecule has 0 fully saturated rings. The van der Waals surface area contributed by atoms with Gasteiger partial charge in [-0.05, 0) is 11.6 Å². The Kier molecular flexibility index (Phi) is 2.88. The molecule has 1 aromatic rings. The van der Waals surface area contributed by atoms with Crippen LogP contribution in [0.15, 0.2) is 18.5 Å². The Morgan fingerprint density at radius 2 is 2.50 bits per heavy atom. The highest BCUT2D eigenvalue weighted by atomic mass is 16.1. The lowest BCUT2D eigenvalue weighted by Gasteiger charge is -1.99. The molecule has 3 N–H and O–H groups in total. The highest BCUT2D eigenvalue weighted by Crippen LogP contribution is 1.98. The van der Waals surface area contributed by atoms with Gasteiger partial charge in [0.2, 0.25) is 5.91 Å². The summed E-state index contributed by atoms with van der Waals surface area (Å²) in [6.45, 7) is 0.872. The molecule has 1 amide bonds. The van der Waals surface area contributed by atoms with Gasteiger partial charge in [-0.2, -0.15) is 0 Å². The normalized spacial score (nSPS) is 9.83. The fourth-order valence-electron chi connectivity index (χ4n) is 0.955. The van der Waals surface area contributed by atoms with Gasteiger partial charge >= 0.3 is 0 Å². The summed E-state index contributed by atoms with van der Waals surface area (Å²) in [5, 5.41) is 2.55. The van der Waals surface area contributed by atoms with E-state index in [0.29, 0.717) is 13.1 Å². The second-order valence-corrected chi connectivity index (χ2v) is 2.57. The average Bonchev–Trinajstić information content (AvgIpc) is 2.52. The van der Waals surface area contributed by atoms with Gasteiger partial charge in [-0.1, -0.05) is 0 Å². The van der Waals surface area contributed by atoms with Gasteiger partial charge in [0.25, 0.3) is 0 Å². The number of nitrogens with two attached hydrogens (primary N) is 1. The van der Waals surface area contributed by atoms with Crippen LogP contribution in [0.25, 0.3) is 0 Å². The molecule has 12 heavy (non-hydrogen) atoms. The van der Waals surface area contributed by atoms with Gasteiger partial charge in [-0.25, -0.2) is 0 Å². The maximum atomic E-state index is 10.9. The first-order chi connectivity index (χ1) is 5.76. The molecule has 1 rings (SSSR count). The van der Waals surface area contributed by atoms with Crippen molar-refractivity contribution in [1.82, 2.24) is 9.88 Å². The summed E-state index contributed by atoms with van der Waals surface area (Å²) in [5.74, 6) is -0.00540. The maximum absolute atomic E-state index is 10.9. The van der Waals surface area contributed by atoms with E-state index in [1.807, 2.05) is 18.5 Å². The van der Waals surface area contributed by atoms with Crippen LogP contribution in [0.1, 0.15) is 5.56 Å². The third-order valence-electron chi connectivity index (χ3n) is 1.65. The molecule has 0 unspecified atom stereocenters. The van der Waals surface area contributed by atoms with E-state index in [0.717, 1.165) is 5.56 Å². The molecule has 0 bridgehead atoms. The van der Waals surface area contributed by atoms with Crippen LogP contribution < -0.4 is 11.1 Å². The number of nitrogens with one attached hydrogen (secondary N) is 1. The van der Waals surface area contributed by atoms with Crippen molar-refractivity contribution >= 4 is 5.91 Å². The van der Waals surface area contributed by atoms with Crippen LogP contribution in [-0.4, -0.2) is 17.5 Å². The van der Waals surface area contributed by atoms with E-state index in [2.05, 4.69) is 5.32 Å². The Hall–Kier alpha value is -1.29. The van der Waals surface area contributed by atoms with Gasteiger partial charge in [0.15, 0.2) is 0 Å². The number of hydrogen-bond donors (Lipinski definition) is 2. The Labute approximate surface area is 71.4 Å². The van der Waals surface area contributed by atoms with Gasteiger partial charge in [-0.15, -0.1) is 0 Å². The Morgan fingerprint density at radius 1 is 1.75 bits per heavy atom. The van der Waals surface area contributed by atoms with E-state index in [1.54, 1.807) is 11.6 Å². The lowest BCUT2D eigenvalue weighted by atomic mass is 10.3. The van der Waals surface area contributed by atoms with Crippen LogP contribution in [0.3, 0.4) is 0 Å². The second kappa shape index (κ2) is 3.92. The summed E-state index contributed by atoms with van der Waals surface area (Å²) in [7, 11) is 1.62. The minimum atomic E-state index is -0.00540. The molecule has 0 aliphatic rings.